The molecule has 0 saturated heterocycles. The second-order valence-electron chi connectivity index (χ2n) is 4.11. The Balaban J connectivity index is 1.98. The average molecular weight is 305 g/mol. The third kappa shape index (κ3) is 2.16. The van der Waals surface area contributed by atoms with Crippen molar-refractivity contribution < 1.29 is 4.39 Å². The molecule has 2 nitrogen and oxygen atoms in total. The molecule has 0 amide bonds. The summed E-state index contributed by atoms with van der Waals surface area (Å²) in [7, 11) is 0. The lowest BCUT2D eigenvalue weighted by atomic mass is 10.1. The van der Waals surface area contributed by atoms with E-state index in [9.17, 15) is 4.39 Å². The third-order valence-electron chi connectivity index (χ3n) is 2.81. The van der Waals surface area contributed by atoms with Crippen LogP contribution in [0.4, 0.5) is 4.39 Å². The van der Waals surface area contributed by atoms with E-state index in [1.807, 2.05) is 24.3 Å². The van der Waals surface area contributed by atoms with Crippen LogP contribution in [0.1, 0.15) is 11.4 Å². The zero-order valence-corrected chi connectivity index (χ0v) is 11.0. The highest BCUT2D eigenvalue weighted by molar-refractivity contribution is 9.10. The second-order valence-corrected chi connectivity index (χ2v) is 5.03. The Morgan fingerprint density at radius 3 is 2.83 bits per heavy atom. The number of benzene rings is 2. The fourth-order valence-electron chi connectivity index (χ4n) is 1.94. The minimum absolute atomic E-state index is 0.195. The van der Waals surface area contributed by atoms with Crippen LogP contribution in [0, 0.1) is 5.82 Å². The van der Waals surface area contributed by atoms with Crippen LogP contribution in [-0.2, 0) is 6.42 Å². The summed E-state index contributed by atoms with van der Waals surface area (Å²) >= 11 is 3.41. The number of nitrogens with zero attached hydrogens (tertiary/aromatic N) is 1. The number of hydrogen-bond donors (Lipinski definition) is 1. The number of imidazole rings is 1. The number of rotatable bonds is 2. The topological polar surface area (TPSA) is 28.7 Å². The second kappa shape index (κ2) is 4.53. The quantitative estimate of drug-likeness (QED) is 0.760. The van der Waals surface area contributed by atoms with Crippen molar-refractivity contribution in [3.8, 4) is 0 Å². The van der Waals surface area contributed by atoms with Crippen LogP contribution >= 0.6 is 15.9 Å². The number of aromatic amines is 1. The standard InChI is InChI=1S/C14H10BrFN2/c15-10-5-6-12-13(8-10)18-14(17-12)7-9-3-1-2-4-11(9)16/h1-6,8H,7H2,(H,17,18). The number of fused-ring (bicyclic) bond motifs is 1. The first-order valence-corrected chi connectivity index (χ1v) is 6.39. The van der Waals surface area contributed by atoms with Crippen LogP contribution in [-0.4, -0.2) is 9.97 Å². The van der Waals surface area contributed by atoms with Crippen molar-refractivity contribution in [3.63, 3.8) is 0 Å². The predicted molar refractivity (Wildman–Crippen MR) is 73.0 cm³/mol. The molecule has 0 atom stereocenters. The highest BCUT2D eigenvalue weighted by Gasteiger charge is 2.07. The fraction of sp³-hybridized carbons (Fsp3) is 0.0714. The van der Waals surface area contributed by atoms with Crippen molar-refractivity contribution in [2.45, 2.75) is 6.42 Å². The van der Waals surface area contributed by atoms with Crippen molar-refractivity contribution in [2.24, 2.45) is 0 Å². The molecule has 0 aliphatic heterocycles. The number of H-pyrrole nitrogens is 1. The van der Waals surface area contributed by atoms with Gasteiger partial charge in [-0.3, -0.25) is 0 Å². The molecule has 0 aliphatic carbocycles. The molecule has 1 aromatic heterocycles. The van der Waals surface area contributed by atoms with Gasteiger partial charge >= 0.3 is 0 Å². The molecule has 0 aliphatic rings. The Labute approximate surface area is 112 Å². The van der Waals surface area contributed by atoms with Gasteiger partial charge in [-0.1, -0.05) is 34.1 Å². The molecular formula is C14H10BrFN2. The van der Waals surface area contributed by atoms with Crippen LogP contribution in [0.2, 0.25) is 0 Å². The number of halogens is 2. The molecule has 0 saturated carbocycles. The van der Waals surface area contributed by atoms with E-state index >= 15 is 0 Å². The van der Waals surface area contributed by atoms with E-state index < -0.39 is 0 Å². The minimum Gasteiger partial charge on any atom is -0.342 e. The molecule has 0 spiro atoms. The molecule has 0 radical (unpaired) electrons. The lowest BCUT2D eigenvalue weighted by molar-refractivity contribution is 0.612. The molecule has 0 unspecified atom stereocenters. The molecular weight excluding hydrogens is 295 g/mol. The number of nitrogens with one attached hydrogen (secondary N) is 1. The maximum Gasteiger partial charge on any atom is 0.126 e. The first kappa shape index (κ1) is 11.4. The first-order valence-electron chi connectivity index (χ1n) is 5.60. The van der Waals surface area contributed by atoms with Gasteiger partial charge in [0, 0.05) is 10.9 Å². The summed E-state index contributed by atoms with van der Waals surface area (Å²) in [5.74, 6) is 0.576. The summed E-state index contributed by atoms with van der Waals surface area (Å²) in [6.45, 7) is 0. The molecule has 4 heteroatoms. The van der Waals surface area contributed by atoms with E-state index in [-0.39, 0.29) is 5.82 Å². The normalized spacial score (nSPS) is 11.0. The van der Waals surface area contributed by atoms with Crippen LogP contribution < -0.4 is 0 Å². The molecule has 1 N–H and O–H groups in total. The Bertz CT molecular complexity index is 706. The Morgan fingerprint density at radius 1 is 1.17 bits per heavy atom. The zero-order chi connectivity index (χ0) is 12.5. The van der Waals surface area contributed by atoms with E-state index in [4.69, 9.17) is 0 Å². The molecule has 0 fully saturated rings. The Kier molecular flexibility index (Phi) is 2.88. The van der Waals surface area contributed by atoms with E-state index in [0.717, 1.165) is 21.3 Å². The van der Waals surface area contributed by atoms with Crippen LogP contribution in [0.5, 0.6) is 0 Å². The third-order valence-corrected chi connectivity index (χ3v) is 3.30. The minimum atomic E-state index is -0.195. The Hall–Kier alpha value is -1.68. The van der Waals surface area contributed by atoms with Crippen molar-refractivity contribution >= 4 is 27.0 Å². The van der Waals surface area contributed by atoms with Gasteiger partial charge < -0.3 is 4.98 Å². The SMILES string of the molecule is Fc1ccccc1Cc1nc2ccc(Br)cc2[nH]1. The van der Waals surface area contributed by atoms with Gasteiger partial charge in [-0.2, -0.15) is 0 Å². The summed E-state index contributed by atoms with van der Waals surface area (Å²) in [6, 6.07) is 12.6. The van der Waals surface area contributed by atoms with Crippen molar-refractivity contribution in [1.82, 2.24) is 9.97 Å². The zero-order valence-electron chi connectivity index (χ0n) is 9.45. The highest BCUT2D eigenvalue weighted by atomic mass is 79.9. The summed E-state index contributed by atoms with van der Waals surface area (Å²) in [5.41, 5.74) is 2.50. The Morgan fingerprint density at radius 2 is 2.00 bits per heavy atom. The van der Waals surface area contributed by atoms with Crippen molar-refractivity contribution in [1.29, 1.82) is 0 Å². The fourth-order valence-corrected chi connectivity index (χ4v) is 2.30. The monoisotopic (exact) mass is 304 g/mol. The lowest BCUT2D eigenvalue weighted by Gasteiger charge is -1.99. The summed E-state index contributed by atoms with van der Waals surface area (Å²) in [6.07, 6.45) is 0.471. The van der Waals surface area contributed by atoms with E-state index in [1.165, 1.54) is 6.07 Å². The lowest BCUT2D eigenvalue weighted by Crippen LogP contribution is -1.93. The van der Waals surface area contributed by atoms with Crippen LogP contribution in [0.15, 0.2) is 46.9 Å². The maximum atomic E-state index is 13.5. The molecule has 3 aromatic rings. The molecule has 2 aromatic carbocycles. The van der Waals surface area contributed by atoms with E-state index in [2.05, 4.69) is 25.9 Å². The molecule has 18 heavy (non-hydrogen) atoms. The number of aromatic nitrogens is 2. The van der Waals surface area contributed by atoms with Gasteiger partial charge in [0.15, 0.2) is 0 Å². The summed E-state index contributed by atoms with van der Waals surface area (Å²) < 4.78 is 14.5. The van der Waals surface area contributed by atoms with E-state index in [1.54, 1.807) is 12.1 Å². The van der Waals surface area contributed by atoms with E-state index in [0.29, 0.717) is 12.0 Å². The largest absolute Gasteiger partial charge is 0.342 e. The van der Waals surface area contributed by atoms with Gasteiger partial charge in [-0.25, -0.2) is 9.37 Å². The smallest absolute Gasteiger partial charge is 0.126 e. The van der Waals surface area contributed by atoms with Gasteiger partial charge in [-0.05, 0) is 29.8 Å². The highest BCUT2D eigenvalue weighted by Crippen LogP contribution is 2.19. The van der Waals surface area contributed by atoms with Crippen LogP contribution in [0.25, 0.3) is 11.0 Å². The molecule has 3 rings (SSSR count). The van der Waals surface area contributed by atoms with Gasteiger partial charge in [0.25, 0.3) is 0 Å². The van der Waals surface area contributed by atoms with Gasteiger partial charge in [0.05, 0.1) is 11.0 Å². The number of hydrogen-bond acceptors (Lipinski definition) is 1. The molecule has 0 bridgehead atoms. The summed E-state index contributed by atoms with van der Waals surface area (Å²) in [4.78, 5) is 7.65. The molecule has 1 heterocycles. The predicted octanol–water partition coefficient (Wildman–Crippen LogP) is 4.06. The van der Waals surface area contributed by atoms with Crippen LogP contribution in [0.3, 0.4) is 0 Å². The molecule has 90 valence electrons. The van der Waals surface area contributed by atoms with Gasteiger partial charge in [-0.15, -0.1) is 0 Å². The average Bonchev–Trinajstić information content (AvgIpc) is 2.73. The summed E-state index contributed by atoms with van der Waals surface area (Å²) in [5, 5.41) is 0. The van der Waals surface area contributed by atoms with Gasteiger partial charge in [0.1, 0.15) is 11.6 Å². The van der Waals surface area contributed by atoms with Crippen molar-refractivity contribution in [3.05, 3.63) is 64.1 Å². The van der Waals surface area contributed by atoms with Crippen molar-refractivity contribution in [2.75, 3.05) is 0 Å². The first-order chi connectivity index (χ1) is 8.72. The maximum absolute atomic E-state index is 13.5. The van der Waals surface area contributed by atoms with Gasteiger partial charge in [0.2, 0.25) is 0 Å².